The maximum Gasteiger partial charge on any atom is 0.358 e. The molecule has 2 rings (SSSR count). The third-order valence-electron chi connectivity index (χ3n) is 2.63. The van der Waals surface area contributed by atoms with E-state index in [-0.39, 0.29) is 5.56 Å². The molecule has 0 heterocycles. The topological polar surface area (TPSA) is 77.8 Å². The van der Waals surface area contributed by atoms with Crippen LogP contribution in [0.4, 0.5) is 0 Å². The van der Waals surface area contributed by atoms with Crippen LogP contribution in [0, 0.1) is 0 Å². The first kappa shape index (κ1) is 13.0. The molecule has 18 heavy (non-hydrogen) atoms. The molecule has 5 heteroatoms. The van der Waals surface area contributed by atoms with Crippen LogP contribution in [0.15, 0.2) is 54.6 Å². The van der Waals surface area contributed by atoms with E-state index >= 15 is 0 Å². The molecule has 1 unspecified atom stereocenters. The minimum absolute atomic E-state index is 0.211. The number of hydrogen-bond acceptors (Lipinski definition) is 2. The first-order valence-corrected chi connectivity index (χ1v) is 7.05. The van der Waals surface area contributed by atoms with Gasteiger partial charge in [-0.2, -0.15) is 0 Å². The van der Waals surface area contributed by atoms with Gasteiger partial charge in [-0.05, 0) is 16.7 Å². The molecule has 2 aromatic carbocycles. The predicted molar refractivity (Wildman–Crippen MR) is 68.9 cm³/mol. The molecule has 0 fully saturated rings. The molecule has 0 amide bonds. The second-order valence-corrected chi connectivity index (χ2v) is 5.62. The lowest BCUT2D eigenvalue weighted by atomic mass is 10.0. The van der Waals surface area contributed by atoms with E-state index in [1.807, 2.05) is 30.3 Å². The summed E-state index contributed by atoms with van der Waals surface area (Å²) in [7, 11) is -4.51. The van der Waals surface area contributed by atoms with Crippen molar-refractivity contribution in [2.24, 2.45) is 0 Å². The van der Waals surface area contributed by atoms with Crippen molar-refractivity contribution in [2.75, 3.05) is 0 Å². The summed E-state index contributed by atoms with van der Waals surface area (Å²) in [4.78, 5) is 17.8. The standard InChI is InChI=1S/C13H13O4P/c14-13(18(15,16)17)12-8-6-11(7-9-12)10-4-2-1-3-5-10/h1-9,13-14H,(H2,15,16,17). The van der Waals surface area contributed by atoms with Crippen LogP contribution >= 0.6 is 7.60 Å². The maximum atomic E-state index is 10.9. The van der Waals surface area contributed by atoms with Crippen LogP contribution in [0.3, 0.4) is 0 Å². The molecule has 1 atom stereocenters. The summed E-state index contributed by atoms with van der Waals surface area (Å²) in [6.07, 6.45) is 0. The summed E-state index contributed by atoms with van der Waals surface area (Å²) >= 11 is 0. The first-order chi connectivity index (χ1) is 8.48. The second kappa shape index (κ2) is 5.04. The van der Waals surface area contributed by atoms with E-state index in [0.29, 0.717) is 0 Å². The first-order valence-electron chi connectivity index (χ1n) is 5.37. The van der Waals surface area contributed by atoms with Gasteiger partial charge < -0.3 is 14.9 Å². The summed E-state index contributed by atoms with van der Waals surface area (Å²) in [5, 5.41) is 9.46. The highest BCUT2D eigenvalue weighted by atomic mass is 31.2. The quantitative estimate of drug-likeness (QED) is 0.744. The van der Waals surface area contributed by atoms with Gasteiger partial charge in [0, 0.05) is 0 Å². The SMILES string of the molecule is O=P(O)(O)C(O)c1ccc(-c2ccccc2)cc1. The summed E-state index contributed by atoms with van der Waals surface area (Å²) in [6, 6.07) is 16.1. The Labute approximate surface area is 105 Å². The van der Waals surface area contributed by atoms with E-state index in [1.54, 1.807) is 12.1 Å². The zero-order valence-electron chi connectivity index (χ0n) is 9.47. The van der Waals surface area contributed by atoms with Crippen LogP contribution in [0.2, 0.25) is 0 Å². The Kier molecular flexibility index (Phi) is 3.64. The Balaban J connectivity index is 2.29. The molecule has 0 bridgehead atoms. The van der Waals surface area contributed by atoms with E-state index in [9.17, 15) is 9.67 Å². The van der Waals surface area contributed by atoms with Crippen molar-refractivity contribution in [3.8, 4) is 11.1 Å². The van der Waals surface area contributed by atoms with Crippen LogP contribution in [0.25, 0.3) is 11.1 Å². The van der Waals surface area contributed by atoms with Crippen molar-refractivity contribution in [3.63, 3.8) is 0 Å². The lowest BCUT2D eigenvalue weighted by molar-refractivity contribution is 0.205. The minimum atomic E-state index is -4.51. The second-order valence-electron chi connectivity index (χ2n) is 3.95. The zero-order chi connectivity index (χ0) is 13.2. The van der Waals surface area contributed by atoms with Crippen LogP contribution in [0.1, 0.15) is 11.4 Å². The number of aliphatic hydroxyl groups is 1. The molecule has 0 saturated heterocycles. The Morgan fingerprint density at radius 3 is 1.83 bits per heavy atom. The largest absolute Gasteiger partial charge is 0.376 e. The molecule has 0 aromatic heterocycles. The number of rotatable bonds is 3. The monoisotopic (exact) mass is 264 g/mol. The Bertz CT molecular complexity index is 559. The smallest absolute Gasteiger partial charge is 0.358 e. The molecular formula is C13H13O4P. The third kappa shape index (κ3) is 2.86. The van der Waals surface area contributed by atoms with Crippen LogP contribution in [-0.2, 0) is 4.57 Å². The summed E-state index contributed by atoms with van der Waals surface area (Å²) in [5.41, 5.74) is 2.15. The highest BCUT2D eigenvalue weighted by Crippen LogP contribution is 2.49. The predicted octanol–water partition coefficient (Wildman–Crippen LogP) is 2.52. The summed E-state index contributed by atoms with van der Waals surface area (Å²) < 4.78 is 10.9. The van der Waals surface area contributed by atoms with Gasteiger partial charge in [0.25, 0.3) is 0 Å². The van der Waals surface area contributed by atoms with Crippen LogP contribution in [-0.4, -0.2) is 14.9 Å². The number of hydrogen-bond donors (Lipinski definition) is 3. The van der Waals surface area contributed by atoms with E-state index in [4.69, 9.17) is 9.79 Å². The molecule has 94 valence electrons. The molecule has 0 aliphatic heterocycles. The van der Waals surface area contributed by atoms with Crippen molar-refractivity contribution in [3.05, 3.63) is 60.2 Å². The van der Waals surface area contributed by atoms with Gasteiger partial charge in [0.05, 0.1) is 0 Å². The van der Waals surface area contributed by atoms with Crippen molar-refractivity contribution >= 4 is 7.60 Å². The molecule has 0 radical (unpaired) electrons. The summed E-state index contributed by atoms with van der Waals surface area (Å²) in [5.74, 6) is -1.76. The number of aliphatic hydroxyl groups excluding tert-OH is 1. The fourth-order valence-electron chi connectivity index (χ4n) is 1.67. The van der Waals surface area contributed by atoms with Gasteiger partial charge >= 0.3 is 7.60 Å². The van der Waals surface area contributed by atoms with E-state index in [1.165, 1.54) is 12.1 Å². The molecule has 0 aliphatic rings. The molecule has 3 N–H and O–H groups in total. The van der Waals surface area contributed by atoms with Crippen molar-refractivity contribution in [2.45, 2.75) is 5.85 Å². The molecule has 2 aromatic rings. The highest BCUT2D eigenvalue weighted by Gasteiger charge is 2.27. The highest BCUT2D eigenvalue weighted by molar-refractivity contribution is 7.51. The molecule has 0 aliphatic carbocycles. The van der Waals surface area contributed by atoms with Gasteiger partial charge in [0.15, 0.2) is 5.85 Å². The van der Waals surface area contributed by atoms with E-state index < -0.39 is 13.4 Å². The number of benzene rings is 2. The van der Waals surface area contributed by atoms with Gasteiger partial charge in [-0.3, -0.25) is 4.57 Å². The molecule has 0 spiro atoms. The fourth-order valence-corrected chi connectivity index (χ4v) is 2.23. The Morgan fingerprint density at radius 2 is 1.33 bits per heavy atom. The normalized spacial score (nSPS) is 13.3. The molecular weight excluding hydrogens is 251 g/mol. The van der Waals surface area contributed by atoms with Crippen molar-refractivity contribution < 1.29 is 19.5 Å². The Morgan fingerprint density at radius 1 is 0.833 bits per heavy atom. The van der Waals surface area contributed by atoms with Gasteiger partial charge in [-0.1, -0.05) is 54.6 Å². The average molecular weight is 264 g/mol. The fraction of sp³-hybridized carbons (Fsp3) is 0.0769. The molecule has 4 nitrogen and oxygen atoms in total. The van der Waals surface area contributed by atoms with Crippen LogP contribution in [0.5, 0.6) is 0 Å². The van der Waals surface area contributed by atoms with Gasteiger partial charge in [0.1, 0.15) is 0 Å². The van der Waals surface area contributed by atoms with Gasteiger partial charge in [-0.15, -0.1) is 0 Å². The third-order valence-corrected chi connectivity index (χ3v) is 3.57. The van der Waals surface area contributed by atoms with Gasteiger partial charge in [0.2, 0.25) is 0 Å². The molecule has 0 saturated carbocycles. The van der Waals surface area contributed by atoms with Gasteiger partial charge in [-0.25, -0.2) is 0 Å². The van der Waals surface area contributed by atoms with Crippen molar-refractivity contribution in [1.82, 2.24) is 0 Å². The van der Waals surface area contributed by atoms with E-state index in [0.717, 1.165) is 11.1 Å². The lowest BCUT2D eigenvalue weighted by Crippen LogP contribution is -1.97. The van der Waals surface area contributed by atoms with Crippen LogP contribution < -0.4 is 0 Å². The Hall–Kier alpha value is -1.45. The lowest BCUT2D eigenvalue weighted by Gasteiger charge is -2.13. The maximum absolute atomic E-state index is 10.9. The average Bonchev–Trinajstić information content (AvgIpc) is 2.38. The van der Waals surface area contributed by atoms with E-state index in [2.05, 4.69) is 0 Å². The zero-order valence-corrected chi connectivity index (χ0v) is 10.4. The van der Waals surface area contributed by atoms with Crippen molar-refractivity contribution in [1.29, 1.82) is 0 Å². The summed E-state index contributed by atoms with van der Waals surface area (Å²) in [6.45, 7) is 0. The minimum Gasteiger partial charge on any atom is -0.376 e.